The Labute approximate surface area is 119 Å². The molecule has 3 heteroatoms. The van der Waals surface area contributed by atoms with Gasteiger partial charge < -0.3 is 10.1 Å². The van der Waals surface area contributed by atoms with E-state index in [1.807, 2.05) is 54.6 Å². The Morgan fingerprint density at radius 1 is 1.10 bits per heavy atom. The molecular weight excluding hydrogens is 250 g/mol. The van der Waals surface area contributed by atoms with Crippen LogP contribution in [0.4, 0.5) is 5.69 Å². The molecule has 0 radical (unpaired) electrons. The van der Waals surface area contributed by atoms with E-state index in [2.05, 4.69) is 12.2 Å². The largest absolute Gasteiger partial charge is 0.495 e. The summed E-state index contributed by atoms with van der Waals surface area (Å²) in [4.78, 5) is 12.1. The van der Waals surface area contributed by atoms with Crippen LogP contribution in [0.15, 0.2) is 54.6 Å². The zero-order valence-corrected chi connectivity index (χ0v) is 11.8. The predicted octanol–water partition coefficient (Wildman–Crippen LogP) is 3.83. The minimum atomic E-state index is -0.00847. The number of rotatable bonds is 5. The van der Waals surface area contributed by atoms with Crippen LogP contribution in [0.2, 0.25) is 0 Å². The van der Waals surface area contributed by atoms with Crippen molar-refractivity contribution in [3.63, 3.8) is 0 Å². The summed E-state index contributed by atoms with van der Waals surface area (Å²) in [5, 5.41) is 2.90. The highest BCUT2D eigenvalue weighted by molar-refractivity contribution is 5.92. The third-order valence-electron chi connectivity index (χ3n) is 3.24. The highest BCUT2D eigenvalue weighted by Gasteiger charge is 2.12. The molecule has 2 aromatic rings. The molecule has 104 valence electrons. The Bertz CT molecular complexity index is 566. The highest BCUT2D eigenvalue weighted by atomic mass is 16.5. The molecule has 0 unspecified atom stereocenters. The first-order valence-corrected chi connectivity index (χ1v) is 6.68. The maximum Gasteiger partial charge on any atom is 0.225 e. The molecule has 0 fully saturated rings. The van der Waals surface area contributed by atoms with Gasteiger partial charge in [-0.15, -0.1) is 0 Å². The van der Waals surface area contributed by atoms with E-state index < -0.39 is 0 Å². The van der Waals surface area contributed by atoms with Crippen LogP contribution < -0.4 is 10.1 Å². The predicted molar refractivity (Wildman–Crippen MR) is 81.1 cm³/mol. The lowest BCUT2D eigenvalue weighted by atomic mass is 9.97. The number of para-hydroxylation sites is 2. The van der Waals surface area contributed by atoms with Crippen LogP contribution in [0.5, 0.6) is 5.75 Å². The molecule has 0 saturated carbocycles. The summed E-state index contributed by atoms with van der Waals surface area (Å²) in [5.41, 5.74) is 1.88. The van der Waals surface area contributed by atoms with Crippen LogP contribution in [0.25, 0.3) is 0 Å². The third-order valence-corrected chi connectivity index (χ3v) is 3.24. The van der Waals surface area contributed by atoms with Crippen molar-refractivity contribution >= 4 is 11.6 Å². The van der Waals surface area contributed by atoms with Crippen molar-refractivity contribution < 1.29 is 9.53 Å². The third kappa shape index (κ3) is 3.60. The normalized spacial score (nSPS) is 11.7. The van der Waals surface area contributed by atoms with Crippen molar-refractivity contribution in [2.75, 3.05) is 12.4 Å². The molecule has 0 aliphatic heterocycles. The van der Waals surface area contributed by atoms with Crippen molar-refractivity contribution in [2.24, 2.45) is 0 Å². The fraction of sp³-hybridized carbons (Fsp3) is 0.235. The smallest absolute Gasteiger partial charge is 0.225 e. The molecule has 0 aliphatic carbocycles. The number of hydrogen-bond acceptors (Lipinski definition) is 2. The van der Waals surface area contributed by atoms with E-state index in [1.54, 1.807) is 7.11 Å². The summed E-state index contributed by atoms with van der Waals surface area (Å²) >= 11 is 0. The van der Waals surface area contributed by atoms with Gasteiger partial charge in [-0.1, -0.05) is 49.4 Å². The number of carbonyl (C=O) groups excluding carboxylic acids is 1. The maximum absolute atomic E-state index is 12.1. The van der Waals surface area contributed by atoms with Gasteiger partial charge in [0.25, 0.3) is 0 Å². The fourth-order valence-electron chi connectivity index (χ4n) is 2.13. The van der Waals surface area contributed by atoms with Gasteiger partial charge in [-0.3, -0.25) is 4.79 Å². The minimum absolute atomic E-state index is 0.00847. The number of ether oxygens (including phenoxy) is 1. The Kier molecular flexibility index (Phi) is 4.77. The van der Waals surface area contributed by atoms with Crippen LogP contribution in [-0.4, -0.2) is 13.0 Å². The van der Waals surface area contributed by atoms with Gasteiger partial charge in [-0.2, -0.15) is 0 Å². The van der Waals surface area contributed by atoms with Crippen LogP contribution in [0.1, 0.15) is 24.8 Å². The first kappa shape index (κ1) is 14.1. The van der Waals surface area contributed by atoms with Crippen LogP contribution in [0.3, 0.4) is 0 Å². The summed E-state index contributed by atoms with van der Waals surface area (Å²) < 4.78 is 5.22. The van der Waals surface area contributed by atoms with E-state index >= 15 is 0 Å². The summed E-state index contributed by atoms with van der Waals surface area (Å²) in [7, 11) is 1.59. The molecule has 0 bridgehead atoms. The minimum Gasteiger partial charge on any atom is -0.495 e. The first-order valence-electron chi connectivity index (χ1n) is 6.68. The zero-order chi connectivity index (χ0) is 14.4. The Balaban J connectivity index is 1.99. The van der Waals surface area contributed by atoms with E-state index in [4.69, 9.17) is 4.74 Å². The molecule has 1 atom stereocenters. The molecule has 2 rings (SSSR count). The van der Waals surface area contributed by atoms with Crippen LogP contribution in [-0.2, 0) is 4.79 Å². The Hall–Kier alpha value is -2.29. The van der Waals surface area contributed by atoms with Crippen molar-refractivity contribution in [1.82, 2.24) is 0 Å². The molecule has 2 aromatic carbocycles. The van der Waals surface area contributed by atoms with Crippen molar-refractivity contribution in [1.29, 1.82) is 0 Å². The van der Waals surface area contributed by atoms with Gasteiger partial charge in [0.05, 0.1) is 12.8 Å². The summed E-state index contributed by atoms with van der Waals surface area (Å²) in [6, 6.07) is 17.5. The number of benzene rings is 2. The van der Waals surface area contributed by atoms with Gasteiger partial charge in [0, 0.05) is 6.42 Å². The summed E-state index contributed by atoms with van der Waals surface area (Å²) in [6.07, 6.45) is 0.446. The average Bonchev–Trinajstić information content (AvgIpc) is 2.48. The SMILES string of the molecule is COc1ccccc1NC(=O)C[C@@H](C)c1ccccc1. The number of carbonyl (C=O) groups is 1. The number of anilines is 1. The molecule has 1 amide bonds. The molecule has 0 saturated heterocycles. The lowest BCUT2D eigenvalue weighted by molar-refractivity contribution is -0.116. The molecule has 20 heavy (non-hydrogen) atoms. The van der Waals surface area contributed by atoms with Gasteiger partial charge >= 0.3 is 0 Å². The molecule has 0 heterocycles. The van der Waals surface area contributed by atoms with Gasteiger partial charge in [-0.25, -0.2) is 0 Å². The van der Waals surface area contributed by atoms with Gasteiger partial charge in [0.15, 0.2) is 0 Å². The Morgan fingerprint density at radius 2 is 1.75 bits per heavy atom. The second kappa shape index (κ2) is 6.75. The van der Waals surface area contributed by atoms with Gasteiger partial charge in [0.1, 0.15) is 5.75 Å². The number of nitrogens with one attached hydrogen (secondary N) is 1. The molecule has 0 aromatic heterocycles. The molecule has 0 spiro atoms. The van der Waals surface area contributed by atoms with E-state index in [9.17, 15) is 4.79 Å². The number of hydrogen-bond donors (Lipinski definition) is 1. The summed E-state index contributed by atoms with van der Waals surface area (Å²) in [5.74, 6) is 0.852. The van der Waals surface area contributed by atoms with E-state index in [0.717, 1.165) is 0 Å². The second-order valence-corrected chi connectivity index (χ2v) is 4.76. The van der Waals surface area contributed by atoms with E-state index in [-0.39, 0.29) is 11.8 Å². The van der Waals surface area contributed by atoms with Crippen LogP contribution >= 0.6 is 0 Å². The molecule has 1 N–H and O–H groups in total. The van der Waals surface area contributed by atoms with Crippen LogP contribution in [0, 0.1) is 0 Å². The number of methoxy groups -OCH3 is 1. The average molecular weight is 269 g/mol. The second-order valence-electron chi connectivity index (χ2n) is 4.76. The van der Waals surface area contributed by atoms with Gasteiger partial charge in [-0.05, 0) is 23.6 Å². The molecular formula is C17H19NO2. The van der Waals surface area contributed by atoms with Crippen molar-refractivity contribution in [3.8, 4) is 5.75 Å². The topological polar surface area (TPSA) is 38.3 Å². The Morgan fingerprint density at radius 3 is 2.45 bits per heavy atom. The monoisotopic (exact) mass is 269 g/mol. The van der Waals surface area contributed by atoms with Gasteiger partial charge in [0.2, 0.25) is 5.91 Å². The fourth-order valence-corrected chi connectivity index (χ4v) is 2.13. The summed E-state index contributed by atoms with van der Waals surface area (Å²) in [6.45, 7) is 2.05. The lowest BCUT2D eigenvalue weighted by Gasteiger charge is -2.13. The lowest BCUT2D eigenvalue weighted by Crippen LogP contribution is -2.14. The first-order chi connectivity index (χ1) is 9.70. The van der Waals surface area contributed by atoms with E-state index in [1.165, 1.54) is 5.56 Å². The molecule has 3 nitrogen and oxygen atoms in total. The van der Waals surface area contributed by atoms with Crippen molar-refractivity contribution in [2.45, 2.75) is 19.3 Å². The standard InChI is InChI=1S/C17H19NO2/c1-13(14-8-4-3-5-9-14)12-17(19)18-15-10-6-7-11-16(15)20-2/h3-11,13H,12H2,1-2H3,(H,18,19)/t13-/m1/s1. The molecule has 0 aliphatic rings. The van der Waals surface area contributed by atoms with E-state index in [0.29, 0.717) is 17.9 Å². The zero-order valence-electron chi connectivity index (χ0n) is 11.8. The quantitative estimate of drug-likeness (QED) is 0.896. The highest BCUT2D eigenvalue weighted by Crippen LogP contribution is 2.24. The number of amides is 1. The van der Waals surface area contributed by atoms with Crippen molar-refractivity contribution in [3.05, 3.63) is 60.2 Å². The maximum atomic E-state index is 12.1.